The number of rotatable bonds is 7. The SMILES string of the molecule is COc1cc(/C=C2/SC(=O)N(Cc3ccc(Cl)cc3Cl)C2=O)cc(Br)c1OCc1cccc2ccccc12. The van der Waals surface area contributed by atoms with Gasteiger partial charge in [0.05, 0.1) is 23.0 Å². The number of nitrogens with zero attached hydrogens (tertiary/aromatic N) is 1. The van der Waals surface area contributed by atoms with E-state index < -0.39 is 5.91 Å². The van der Waals surface area contributed by atoms with Gasteiger partial charge < -0.3 is 9.47 Å². The minimum absolute atomic E-state index is 0.0615. The molecule has 9 heteroatoms. The number of imide groups is 1. The first-order chi connectivity index (χ1) is 18.3. The Morgan fingerprint density at radius 2 is 1.76 bits per heavy atom. The Kier molecular flexibility index (Phi) is 8.00. The van der Waals surface area contributed by atoms with Gasteiger partial charge in [0.1, 0.15) is 6.61 Å². The van der Waals surface area contributed by atoms with Crippen LogP contribution < -0.4 is 9.47 Å². The molecule has 1 aliphatic heterocycles. The van der Waals surface area contributed by atoms with Gasteiger partial charge in [-0.25, -0.2) is 0 Å². The number of halogens is 3. The van der Waals surface area contributed by atoms with Crippen molar-refractivity contribution in [3.8, 4) is 11.5 Å². The van der Waals surface area contributed by atoms with E-state index in [9.17, 15) is 9.59 Å². The van der Waals surface area contributed by atoms with Crippen molar-refractivity contribution >= 4 is 78.9 Å². The first kappa shape index (κ1) is 26.6. The van der Waals surface area contributed by atoms with E-state index in [-0.39, 0.29) is 11.8 Å². The van der Waals surface area contributed by atoms with Gasteiger partial charge in [0.25, 0.3) is 11.1 Å². The molecule has 192 valence electrons. The molecule has 0 spiro atoms. The molecule has 4 aromatic rings. The molecule has 0 bridgehead atoms. The topological polar surface area (TPSA) is 55.8 Å². The number of fused-ring (bicyclic) bond motifs is 1. The van der Waals surface area contributed by atoms with Gasteiger partial charge in [-0.15, -0.1) is 0 Å². The lowest BCUT2D eigenvalue weighted by atomic mass is 10.1. The van der Waals surface area contributed by atoms with E-state index in [0.29, 0.717) is 48.7 Å². The maximum Gasteiger partial charge on any atom is 0.293 e. The minimum atomic E-state index is -0.391. The van der Waals surface area contributed by atoms with Crippen LogP contribution in [-0.2, 0) is 17.9 Å². The lowest BCUT2D eigenvalue weighted by Gasteiger charge is -2.15. The Hall–Kier alpha value is -2.97. The second-order valence-electron chi connectivity index (χ2n) is 8.46. The molecule has 1 saturated heterocycles. The molecule has 5 nitrogen and oxygen atoms in total. The van der Waals surface area contributed by atoms with Gasteiger partial charge in [0, 0.05) is 10.0 Å². The first-order valence-electron chi connectivity index (χ1n) is 11.5. The molecule has 0 N–H and O–H groups in total. The van der Waals surface area contributed by atoms with Crippen molar-refractivity contribution in [1.29, 1.82) is 0 Å². The third kappa shape index (κ3) is 5.57. The van der Waals surface area contributed by atoms with Crippen molar-refractivity contribution < 1.29 is 19.1 Å². The highest BCUT2D eigenvalue weighted by molar-refractivity contribution is 9.10. The Balaban J connectivity index is 1.36. The number of hydrogen-bond donors (Lipinski definition) is 0. The number of methoxy groups -OCH3 is 1. The highest BCUT2D eigenvalue weighted by atomic mass is 79.9. The number of carbonyl (C=O) groups excluding carboxylic acids is 2. The minimum Gasteiger partial charge on any atom is -0.493 e. The number of amides is 2. The molecule has 1 fully saturated rings. The van der Waals surface area contributed by atoms with Crippen molar-refractivity contribution in [2.24, 2.45) is 0 Å². The predicted octanol–water partition coefficient (Wildman–Crippen LogP) is 8.73. The van der Waals surface area contributed by atoms with E-state index in [1.54, 1.807) is 37.5 Å². The average Bonchev–Trinajstić information content (AvgIpc) is 3.16. The lowest BCUT2D eigenvalue weighted by Crippen LogP contribution is -2.27. The molecule has 1 heterocycles. The smallest absolute Gasteiger partial charge is 0.293 e. The third-order valence-electron chi connectivity index (χ3n) is 6.02. The molecule has 2 amide bonds. The fraction of sp³-hybridized carbons (Fsp3) is 0.103. The normalized spacial score (nSPS) is 14.5. The van der Waals surface area contributed by atoms with Crippen molar-refractivity contribution in [1.82, 2.24) is 4.90 Å². The van der Waals surface area contributed by atoms with Gasteiger partial charge in [-0.1, -0.05) is 71.7 Å². The van der Waals surface area contributed by atoms with Crippen LogP contribution in [0.25, 0.3) is 16.8 Å². The van der Waals surface area contributed by atoms with Gasteiger partial charge in [-0.3, -0.25) is 14.5 Å². The Labute approximate surface area is 242 Å². The Bertz CT molecular complexity index is 1600. The summed E-state index contributed by atoms with van der Waals surface area (Å²) in [4.78, 5) is 27.2. The molecule has 0 radical (unpaired) electrons. The summed E-state index contributed by atoms with van der Waals surface area (Å²) < 4.78 is 12.4. The number of carbonyl (C=O) groups is 2. The van der Waals surface area contributed by atoms with E-state index in [4.69, 9.17) is 32.7 Å². The van der Waals surface area contributed by atoms with Crippen molar-refractivity contribution in [3.63, 3.8) is 0 Å². The first-order valence-corrected chi connectivity index (χ1v) is 13.9. The molecule has 0 aliphatic carbocycles. The molecular weight excluding hydrogens is 609 g/mol. The molecule has 0 saturated carbocycles. The van der Waals surface area contributed by atoms with Crippen LogP contribution in [0.3, 0.4) is 0 Å². The van der Waals surface area contributed by atoms with Crippen molar-refractivity contribution in [2.75, 3.05) is 7.11 Å². The van der Waals surface area contributed by atoms with Gasteiger partial charge in [0.15, 0.2) is 11.5 Å². The van der Waals surface area contributed by atoms with Crippen LogP contribution in [0.4, 0.5) is 4.79 Å². The van der Waals surface area contributed by atoms with E-state index in [0.717, 1.165) is 28.1 Å². The van der Waals surface area contributed by atoms with Gasteiger partial charge in [0.2, 0.25) is 0 Å². The monoisotopic (exact) mass is 627 g/mol. The van der Waals surface area contributed by atoms with Crippen LogP contribution in [0.2, 0.25) is 10.0 Å². The van der Waals surface area contributed by atoms with E-state index in [2.05, 4.69) is 34.1 Å². The Morgan fingerprint density at radius 1 is 0.974 bits per heavy atom. The Morgan fingerprint density at radius 3 is 2.55 bits per heavy atom. The van der Waals surface area contributed by atoms with Crippen LogP contribution in [0, 0.1) is 0 Å². The summed E-state index contributed by atoms with van der Waals surface area (Å²) >= 11 is 16.7. The number of ether oxygens (including phenoxy) is 2. The highest BCUT2D eigenvalue weighted by Crippen LogP contribution is 2.40. The summed E-state index contributed by atoms with van der Waals surface area (Å²) in [5, 5.41) is 2.78. The van der Waals surface area contributed by atoms with Crippen LogP contribution in [0.1, 0.15) is 16.7 Å². The molecule has 1 aliphatic rings. The second-order valence-corrected chi connectivity index (χ2v) is 11.2. The zero-order valence-corrected chi connectivity index (χ0v) is 24.0. The standard InChI is InChI=1S/C29H20BrCl2NO4S/c1-36-25-12-17(11-23(30)27(25)37-16-20-7-4-6-18-5-2-3-8-22(18)20)13-26-28(34)33(29(35)38-26)15-19-9-10-21(31)14-24(19)32/h2-14H,15-16H2,1H3/b26-13+. The van der Waals surface area contributed by atoms with E-state index in [1.807, 2.05) is 30.3 Å². The summed E-state index contributed by atoms with van der Waals surface area (Å²) in [6.45, 7) is 0.410. The second kappa shape index (κ2) is 11.4. The molecule has 4 aromatic carbocycles. The average molecular weight is 629 g/mol. The highest BCUT2D eigenvalue weighted by Gasteiger charge is 2.35. The summed E-state index contributed by atoms with van der Waals surface area (Å²) in [5.74, 6) is 0.651. The summed E-state index contributed by atoms with van der Waals surface area (Å²) in [6.07, 6.45) is 1.66. The van der Waals surface area contributed by atoms with Crippen molar-refractivity contribution in [3.05, 3.63) is 109 Å². The maximum absolute atomic E-state index is 13.1. The molecule has 5 rings (SSSR count). The molecule has 0 atom stereocenters. The largest absolute Gasteiger partial charge is 0.493 e. The molecular formula is C29H20BrCl2NO4S. The lowest BCUT2D eigenvalue weighted by molar-refractivity contribution is -0.123. The zero-order chi connectivity index (χ0) is 26.8. The van der Waals surface area contributed by atoms with Gasteiger partial charge in [-0.2, -0.15) is 0 Å². The van der Waals surface area contributed by atoms with Gasteiger partial charge >= 0.3 is 0 Å². The molecule has 0 aromatic heterocycles. The number of hydrogen-bond acceptors (Lipinski definition) is 5. The van der Waals surface area contributed by atoms with E-state index >= 15 is 0 Å². The number of thioether (sulfide) groups is 1. The van der Waals surface area contributed by atoms with Crippen LogP contribution in [0.5, 0.6) is 11.5 Å². The van der Waals surface area contributed by atoms with Crippen LogP contribution in [0.15, 0.2) is 82.2 Å². The molecule has 38 heavy (non-hydrogen) atoms. The van der Waals surface area contributed by atoms with Gasteiger partial charge in [-0.05, 0) is 85.5 Å². The quantitative estimate of drug-likeness (QED) is 0.192. The fourth-order valence-corrected chi connectivity index (χ4v) is 6.02. The summed E-state index contributed by atoms with van der Waals surface area (Å²) in [6, 6.07) is 22.8. The van der Waals surface area contributed by atoms with E-state index in [1.165, 1.54) is 4.90 Å². The summed E-state index contributed by atoms with van der Waals surface area (Å²) in [5.41, 5.74) is 2.37. The predicted molar refractivity (Wildman–Crippen MR) is 157 cm³/mol. The fourth-order valence-electron chi connectivity index (χ4n) is 4.14. The van der Waals surface area contributed by atoms with Crippen LogP contribution in [-0.4, -0.2) is 23.2 Å². The third-order valence-corrected chi connectivity index (χ3v) is 8.10. The summed E-state index contributed by atoms with van der Waals surface area (Å²) in [7, 11) is 1.56. The zero-order valence-electron chi connectivity index (χ0n) is 20.0. The maximum atomic E-state index is 13.1. The van der Waals surface area contributed by atoms with Crippen LogP contribution >= 0.6 is 50.9 Å². The van der Waals surface area contributed by atoms with Crippen molar-refractivity contribution in [2.45, 2.75) is 13.2 Å². The molecule has 0 unspecified atom stereocenters. The number of benzene rings is 4.